The van der Waals surface area contributed by atoms with Crippen molar-refractivity contribution in [3.8, 4) is 5.75 Å². The van der Waals surface area contributed by atoms with E-state index in [4.69, 9.17) is 0 Å². The molecule has 0 amide bonds. The molecule has 1 heterocycles. The van der Waals surface area contributed by atoms with E-state index in [1.54, 1.807) is 19.2 Å². The van der Waals surface area contributed by atoms with Gasteiger partial charge in [0.05, 0.1) is 0 Å². The molecule has 1 aromatic carbocycles. The van der Waals surface area contributed by atoms with Crippen molar-refractivity contribution < 1.29 is 13.5 Å². The van der Waals surface area contributed by atoms with Crippen LogP contribution < -0.4 is 15.4 Å². The summed E-state index contributed by atoms with van der Waals surface area (Å²) in [6, 6.07) is 5.17. The SMILES string of the molecule is CN=C(NCCN1CCCN(C)CC1)NCc1cc(C)ccc1OC(F)F.I. The van der Waals surface area contributed by atoms with E-state index in [9.17, 15) is 8.78 Å². The molecule has 0 bridgehead atoms. The minimum atomic E-state index is -2.84. The van der Waals surface area contributed by atoms with E-state index in [-0.39, 0.29) is 29.7 Å². The zero-order chi connectivity index (χ0) is 19.6. The van der Waals surface area contributed by atoms with Gasteiger partial charge in [0.15, 0.2) is 5.96 Å². The second-order valence-electron chi connectivity index (χ2n) is 6.84. The average molecular weight is 511 g/mol. The number of nitrogens with zero attached hydrogens (tertiary/aromatic N) is 3. The molecule has 0 atom stereocenters. The van der Waals surface area contributed by atoms with Gasteiger partial charge in [0.1, 0.15) is 5.75 Å². The molecule has 0 radical (unpaired) electrons. The van der Waals surface area contributed by atoms with Crippen LogP contribution in [0.4, 0.5) is 8.78 Å². The van der Waals surface area contributed by atoms with Crippen molar-refractivity contribution in [2.24, 2.45) is 4.99 Å². The number of likely N-dealkylation sites (N-methyl/N-ethyl adjacent to an activating group) is 1. The van der Waals surface area contributed by atoms with E-state index < -0.39 is 6.61 Å². The van der Waals surface area contributed by atoms with Gasteiger partial charge in [-0.15, -0.1) is 24.0 Å². The molecule has 1 aromatic rings. The Morgan fingerprint density at radius 1 is 1.21 bits per heavy atom. The first-order valence-electron chi connectivity index (χ1n) is 9.37. The summed E-state index contributed by atoms with van der Waals surface area (Å²) >= 11 is 0. The molecule has 28 heavy (non-hydrogen) atoms. The Morgan fingerprint density at radius 2 is 2.00 bits per heavy atom. The molecular formula is C19H32F2IN5O. The number of aryl methyl sites for hydroxylation is 1. The molecule has 6 nitrogen and oxygen atoms in total. The molecule has 9 heteroatoms. The summed E-state index contributed by atoms with van der Waals surface area (Å²) in [5, 5.41) is 6.46. The fraction of sp³-hybridized carbons (Fsp3) is 0.632. The number of nitrogens with one attached hydrogen (secondary N) is 2. The van der Waals surface area contributed by atoms with E-state index in [0.29, 0.717) is 18.1 Å². The Hall–Kier alpha value is -1.20. The van der Waals surface area contributed by atoms with E-state index in [0.717, 1.165) is 44.8 Å². The fourth-order valence-electron chi connectivity index (χ4n) is 3.11. The molecule has 0 aromatic heterocycles. The van der Waals surface area contributed by atoms with Crippen LogP contribution in [0.1, 0.15) is 17.5 Å². The molecule has 1 aliphatic heterocycles. The van der Waals surface area contributed by atoms with E-state index >= 15 is 0 Å². The lowest BCUT2D eigenvalue weighted by molar-refractivity contribution is -0.0504. The van der Waals surface area contributed by atoms with Crippen LogP contribution in [0, 0.1) is 6.92 Å². The summed E-state index contributed by atoms with van der Waals surface area (Å²) in [4.78, 5) is 9.01. The fourth-order valence-corrected chi connectivity index (χ4v) is 3.11. The zero-order valence-corrected chi connectivity index (χ0v) is 19.2. The molecule has 1 fully saturated rings. The second kappa shape index (κ2) is 13.1. The van der Waals surface area contributed by atoms with E-state index in [1.165, 1.54) is 6.42 Å². The van der Waals surface area contributed by atoms with Crippen LogP contribution in [0.15, 0.2) is 23.2 Å². The highest BCUT2D eigenvalue weighted by Gasteiger charge is 2.12. The second-order valence-corrected chi connectivity index (χ2v) is 6.84. The van der Waals surface area contributed by atoms with Crippen molar-refractivity contribution in [1.82, 2.24) is 20.4 Å². The Labute approximate surface area is 183 Å². The number of aliphatic imine (C=N–C) groups is 1. The van der Waals surface area contributed by atoms with Gasteiger partial charge in [0.25, 0.3) is 0 Å². The maximum atomic E-state index is 12.6. The molecular weight excluding hydrogens is 479 g/mol. The van der Waals surface area contributed by atoms with Gasteiger partial charge in [-0.25, -0.2) is 0 Å². The van der Waals surface area contributed by atoms with Gasteiger partial charge in [-0.1, -0.05) is 17.7 Å². The molecule has 0 unspecified atom stereocenters. The van der Waals surface area contributed by atoms with E-state index in [1.807, 2.05) is 13.0 Å². The molecule has 2 N–H and O–H groups in total. The third-order valence-electron chi connectivity index (χ3n) is 4.63. The Morgan fingerprint density at radius 3 is 2.71 bits per heavy atom. The van der Waals surface area contributed by atoms with Crippen molar-refractivity contribution in [1.29, 1.82) is 0 Å². The van der Waals surface area contributed by atoms with Crippen molar-refractivity contribution in [3.05, 3.63) is 29.3 Å². The summed E-state index contributed by atoms with van der Waals surface area (Å²) < 4.78 is 29.8. The number of hydrogen-bond acceptors (Lipinski definition) is 4. The van der Waals surface area contributed by atoms with Crippen molar-refractivity contribution in [2.75, 3.05) is 53.4 Å². The largest absolute Gasteiger partial charge is 0.434 e. The average Bonchev–Trinajstić information content (AvgIpc) is 2.84. The molecule has 160 valence electrons. The summed E-state index contributed by atoms with van der Waals surface area (Å²) in [7, 11) is 3.86. The van der Waals surface area contributed by atoms with Gasteiger partial charge in [0.2, 0.25) is 0 Å². The van der Waals surface area contributed by atoms with Crippen LogP contribution >= 0.6 is 24.0 Å². The van der Waals surface area contributed by atoms with Gasteiger partial charge >= 0.3 is 6.61 Å². The van der Waals surface area contributed by atoms with Crippen LogP contribution in [0.2, 0.25) is 0 Å². The Bertz CT molecular complexity index is 618. The number of ether oxygens (including phenoxy) is 1. The van der Waals surface area contributed by atoms with Gasteiger partial charge < -0.3 is 25.2 Å². The highest BCUT2D eigenvalue weighted by atomic mass is 127. The van der Waals surface area contributed by atoms with Crippen LogP contribution in [0.3, 0.4) is 0 Å². The van der Waals surface area contributed by atoms with Crippen molar-refractivity contribution >= 4 is 29.9 Å². The third kappa shape index (κ3) is 8.87. The van der Waals surface area contributed by atoms with Gasteiger partial charge in [-0.2, -0.15) is 8.78 Å². The van der Waals surface area contributed by atoms with Crippen LogP contribution in [-0.4, -0.2) is 75.7 Å². The van der Waals surface area contributed by atoms with Crippen molar-refractivity contribution in [3.63, 3.8) is 0 Å². The maximum absolute atomic E-state index is 12.6. The lowest BCUT2D eigenvalue weighted by atomic mass is 10.1. The number of alkyl halides is 2. The first-order chi connectivity index (χ1) is 13.0. The predicted octanol–water partition coefficient (Wildman–Crippen LogP) is 2.52. The van der Waals surface area contributed by atoms with Crippen LogP contribution in [0.5, 0.6) is 5.75 Å². The number of benzene rings is 1. The topological polar surface area (TPSA) is 52.1 Å². The summed E-state index contributed by atoms with van der Waals surface area (Å²) in [5.41, 5.74) is 1.66. The molecule has 1 aliphatic rings. The lowest BCUT2D eigenvalue weighted by Gasteiger charge is -2.21. The van der Waals surface area contributed by atoms with Gasteiger partial charge in [-0.05, 0) is 39.5 Å². The summed E-state index contributed by atoms with van der Waals surface area (Å²) in [6.45, 7) is 5.57. The third-order valence-corrected chi connectivity index (χ3v) is 4.63. The number of rotatable bonds is 7. The normalized spacial score (nSPS) is 16.4. The number of hydrogen-bond donors (Lipinski definition) is 2. The van der Waals surface area contributed by atoms with Gasteiger partial charge in [-0.3, -0.25) is 4.99 Å². The maximum Gasteiger partial charge on any atom is 0.387 e. The van der Waals surface area contributed by atoms with Crippen LogP contribution in [0.25, 0.3) is 0 Å². The minimum absolute atomic E-state index is 0. The predicted molar refractivity (Wildman–Crippen MR) is 120 cm³/mol. The smallest absolute Gasteiger partial charge is 0.387 e. The Balaban J connectivity index is 0.00000392. The molecule has 0 saturated carbocycles. The lowest BCUT2D eigenvalue weighted by Crippen LogP contribution is -2.42. The molecule has 2 rings (SSSR count). The van der Waals surface area contributed by atoms with Crippen LogP contribution in [-0.2, 0) is 6.54 Å². The summed E-state index contributed by atoms with van der Waals surface area (Å²) in [5.74, 6) is 0.832. The van der Waals surface area contributed by atoms with Crippen molar-refractivity contribution in [2.45, 2.75) is 26.5 Å². The first-order valence-corrected chi connectivity index (χ1v) is 9.37. The number of halogens is 3. The quantitative estimate of drug-likeness (QED) is 0.335. The highest BCUT2D eigenvalue weighted by molar-refractivity contribution is 14.0. The standard InChI is InChI=1S/C19H31F2N5O.HI/c1-15-5-6-17(27-18(20)21)16(13-15)14-24-19(22-2)23-7-10-26-9-4-8-25(3)11-12-26;/h5-6,13,18H,4,7-12,14H2,1-3H3,(H2,22,23,24);1H. The first kappa shape index (κ1) is 24.8. The molecule has 1 saturated heterocycles. The molecule has 0 spiro atoms. The highest BCUT2D eigenvalue weighted by Crippen LogP contribution is 2.21. The van der Waals surface area contributed by atoms with E-state index in [2.05, 4.69) is 37.2 Å². The monoisotopic (exact) mass is 511 g/mol. The Kier molecular flexibility index (Phi) is 11.6. The van der Waals surface area contributed by atoms with Gasteiger partial charge in [0, 0.05) is 45.3 Å². The molecule has 0 aliphatic carbocycles. The number of guanidine groups is 1. The summed E-state index contributed by atoms with van der Waals surface area (Å²) in [6.07, 6.45) is 1.18. The minimum Gasteiger partial charge on any atom is -0.434 e. The zero-order valence-electron chi connectivity index (χ0n) is 16.9.